The number of Topliss-reactive ketones (excluding diaryl/α,β-unsaturated/α-hetero) is 1. The van der Waals surface area contributed by atoms with Gasteiger partial charge in [-0.2, -0.15) is 0 Å². The molecule has 0 radical (unpaired) electrons. The minimum Gasteiger partial charge on any atom is -0.469 e. The third-order valence-corrected chi connectivity index (χ3v) is 4.33. The van der Waals surface area contributed by atoms with Crippen molar-refractivity contribution in [1.29, 1.82) is 0 Å². The van der Waals surface area contributed by atoms with Gasteiger partial charge in [0.25, 0.3) is 0 Å². The van der Waals surface area contributed by atoms with Crippen LogP contribution in [0.1, 0.15) is 19.3 Å². The van der Waals surface area contributed by atoms with E-state index in [0.29, 0.717) is 6.42 Å². The number of hydrogen-bond donors (Lipinski definition) is 1. The Labute approximate surface area is 142 Å². The van der Waals surface area contributed by atoms with Crippen LogP contribution in [0, 0.1) is 0 Å². The zero-order valence-corrected chi connectivity index (χ0v) is 14.2. The maximum atomic E-state index is 11.9. The third-order valence-electron chi connectivity index (χ3n) is 4.33. The molecule has 7 heteroatoms. The number of rotatable bonds is 8. The van der Waals surface area contributed by atoms with Crippen molar-refractivity contribution in [3.8, 4) is 0 Å². The molecule has 0 saturated carbocycles. The molecule has 0 spiro atoms. The van der Waals surface area contributed by atoms with E-state index >= 15 is 0 Å². The molecule has 7 nitrogen and oxygen atoms in total. The number of piperazine rings is 1. The highest BCUT2D eigenvalue weighted by molar-refractivity contribution is 5.87. The van der Waals surface area contributed by atoms with Gasteiger partial charge in [-0.1, -0.05) is 0 Å². The van der Waals surface area contributed by atoms with E-state index in [9.17, 15) is 9.59 Å². The summed E-state index contributed by atoms with van der Waals surface area (Å²) in [5, 5.41) is 0. The molecule has 0 bridgehead atoms. The molecule has 1 aliphatic heterocycles. The highest BCUT2D eigenvalue weighted by atomic mass is 16.5. The fourth-order valence-electron chi connectivity index (χ4n) is 2.82. The molecule has 0 aromatic carbocycles. The molecule has 1 aliphatic rings. The van der Waals surface area contributed by atoms with Gasteiger partial charge < -0.3 is 15.4 Å². The van der Waals surface area contributed by atoms with Gasteiger partial charge >= 0.3 is 5.97 Å². The molecule has 132 valence electrons. The number of nitrogens with two attached hydrogens (primary N) is 1. The number of carbonyl (C=O) groups excluding carboxylic acids is 2. The summed E-state index contributed by atoms with van der Waals surface area (Å²) in [4.78, 5) is 31.8. The molecule has 24 heavy (non-hydrogen) atoms. The summed E-state index contributed by atoms with van der Waals surface area (Å²) in [6, 6.07) is 3.30. The first-order chi connectivity index (χ1) is 11.6. The van der Waals surface area contributed by atoms with Gasteiger partial charge in [-0.05, 0) is 25.1 Å². The lowest BCUT2D eigenvalue weighted by atomic mass is 10.1. The number of esters is 1. The third kappa shape index (κ3) is 5.58. The number of anilines is 1. The van der Waals surface area contributed by atoms with E-state index < -0.39 is 12.0 Å². The lowest BCUT2D eigenvalue weighted by Gasteiger charge is -2.36. The second kappa shape index (κ2) is 9.34. The average Bonchev–Trinajstić information content (AvgIpc) is 2.62. The summed E-state index contributed by atoms with van der Waals surface area (Å²) >= 11 is 0. The van der Waals surface area contributed by atoms with Crippen LogP contribution in [0.2, 0.25) is 0 Å². The van der Waals surface area contributed by atoms with Crippen LogP contribution in [-0.4, -0.2) is 67.5 Å². The van der Waals surface area contributed by atoms with Crippen LogP contribution in [0.25, 0.3) is 0 Å². The van der Waals surface area contributed by atoms with Gasteiger partial charge in [-0.25, -0.2) is 0 Å². The molecule has 1 saturated heterocycles. The number of carbonyl (C=O) groups is 2. The van der Waals surface area contributed by atoms with Crippen LogP contribution < -0.4 is 10.6 Å². The first kappa shape index (κ1) is 18.4. The zero-order valence-electron chi connectivity index (χ0n) is 14.2. The SMILES string of the molecule is COC(=O)CC(N)C(=O)CCCN1CCN(c2ccncc2)CC1. The molecule has 1 aromatic rings. The second-order valence-corrected chi connectivity index (χ2v) is 5.99. The molecular formula is C17H26N4O3. The van der Waals surface area contributed by atoms with Gasteiger partial charge in [-0.3, -0.25) is 19.5 Å². The van der Waals surface area contributed by atoms with E-state index in [2.05, 4.69) is 19.5 Å². The van der Waals surface area contributed by atoms with Crippen LogP contribution in [0.5, 0.6) is 0 Å². The summed E-state index contributed by atoms with van der Waals surface area (Å²) in [7, 11) is 1.30. The second-order valence-electron chi connectivity index (χ2n) is 5.99. The minimum absolute atomic E-state index is 0.0417. The molecule has 1 fully saturated rings. The molecule has 1 unspecified atom stereocenters. The maximum Gasteiger partial charge on any atom is 0.307 e. The van der Waals surface area contributed by atoms with Crippen molar-refractivity contribution in [1.82, 2.24) is 9.88 Å². The highest BCUT2D eigenvalue weighted by Gasteiger charge is 2.19. The van der Waals surface area contributed by atoms with Gasteiger partial charge in [0.2, 0.25) is 0 Å². The molecule has 2 N–H and O–H groups in total. The summed E-state index contributed by atoms with van der Waals surface area (Å²) in [6.45, 7) is 4.77. The van der Waals surface area contributed by atoms with E-state index in [-0.39, 0.29) is 12.2 Å². The van der Waals surface area contributed by atoms with Crippen LogP contribution in [0.15, 0.2) is 24.5 Å². The molecule has 0 amide bonds. The van der Waals surface area contributed by atoms with Gasteiger partial charge in [0.1, 0.15) is 5.78 Å². The molecule has 1 atom stereocenters. The van der Waals surface area contributed by atoms with Crippen molar-refractivity contribution >= 4 is 17.4 Å². The minimum atomic E-state index is -0.749. The number of ether oxygens (including phenoxy) is 1. The maximum absolute atomic E-state index is 11.9. The topological polar surface area (TPSA) is 88.8 Å². The monoisotopic (exact) mass is 334 g/mol. The fourth-order valence-corrected chi connectivity index (χ4v) is 2.82. The van der Waals surface area contributed by atoms with Gasteiger partial charge in [0.05, 0.1) is 19.6 Å². The van der Waals surface area contributed by atoms with E-state index in [0.717, 1.165) is 39.1 Å². The van der Waals surface area contributed by atoms with E-state index in [4.69, 9.17) is 5.73 Å². The van der Waals surface area contributed by atoms with Gasteiger partial charge in [0, 0.05) is 50.7 Å². The van der Waals surface area contributed by atoms with Gasteiger partial charge in [0.15, 0.2) is 0 Å². The van der Waals surface area contributed by atoms with Crippen LogP contribution in [0.3, 0.4) is 0 Å². The van der Waals surface area contributed by atoms with Gasteiger partial charge in [-0.15, -0.1) is 0 Å². The molecule has 0 aliphatic carbocycles. The Hall–Kier alpha value is -1.99. The van der Waals surface area contributed by atoms with Crippen LogP contribution >= 0.6 is 0 Å². The van der Waals surface area contributed by atoms with Crippen molar-refractivity contribution in [2.45, 2.75) is 25.3 Å². The Bertz CT molecular complexity index is 530. The van der Waals surface area contributed by atoms with Crippen LogP contribution in [0.4, 0.5) is 5.69 Å². The summed E-state index contributed by atoms with van der Waals surface area (Å²) in [5.41, 5.74) is 6.92. The molecule has 2 rings (SSSR count). The Morgan fingerprint density at radius 3 is 2.54 bits per heavy atom. The fraction of sp³-hybridized carbons (Fsp3) is 0.588. The number of methoxy groups -OCH3 is 1. The van der Waals surface area contributed by atoms with Crippen molar-refractivity contribution < 1.29 is 14.3 Å². The molecule has 2 heterocycles. The Kier molecular flexibility index (Phi) is 7.14. The van der Waals surface area contributed by atoms with Crippen molar-refractivity contribution in [2.75, 3.05) is 44.7 Å². The number of hydrogen-bond acceptors (Lipinski definition) is 7. The Balaban J connectivity index is 1.64. The number of nitrogens with zero attached hydrogens (tertiary/aromatic N) is 3. The van der Waals surface area contributed by atoms with E-state index in [1.54, 1.807) is 0 Å². The Morgan fingerprint density at radius 2 is 1.92 bits per heavy atom. The van der Waals surface area contributed by atoms with Crippen molar-refractivity contribution in [3.63, 3.8) is 0 Å². The predicted octanol–water partition coefficient (Wildman–Crippen LogP) is 0.443. The predicted molar refractivity (Wildman–Crippen MR) is 91.7 cm³/mol. The molecule has 1 aromatic heterocycles. The normalized spacial score (nSPS) is 16.7. The number of ketones is 1. The zero-order chi connectivity index (χ0) is 17.4. The summed E-state index contributed by atoms with van der Waals surface area (Å²) in [5.74, 6) is -0.515. The first-order valence-corrected chi connectivity index (χ1v) is 8.32. The van der Waals surface area contributed by atoms with Crippen molar-refractivity contribution in [3.05, 3.63) is 24.5 Å². The van der Waals surface area contributed by atoms with E-state index in [1.807, 2.05) is 24.5 Å². The largest absolute Gasteiger partial charge is 0.469 e. The number of aromatic nitrogens is 1. The van der Waals surface area contributed by atoms with E-state index in [1.165, 1.54) is 12.8 Å². The van der Waals surface area contributed by atoms with Crippen LogP contribution in [-0.2, 0) is 14.3 Å². The lowest BCUT2D eigenvalue weighted by Crippen LogP contribution is -2.46. The van der Waals surface area contributed by atoms with Crippen molar-refractivity contribution in [2.24, 2.45) is 5.73 Å². The number of pyridine rings is 1. The first-order valence-electron chi connectivity index (χ1n) is 8.32. The standard InChI is InChI=1S/C17H26N4O3/c1-24-17(23)13-15(18)16(22)3-2-8-20-9-11-21(12-10-20)14-4-6-19-7-5-14/h4-7,15H,2-3,8-13,18H2,1H3. The smallest absolute Gasteiger partial charge is 0.307 e. The Morgan fingerprint density at radius 1 is 1.25 bits per heavy atom. The summed E-state index contributed by atoms with van der Waals surface area (Å²) < 4.78 is 4.53. The lowest BCUT2D eigenvalue weighted by molar-refractivity contribution is -0.142. The summed E-state index contributed by atoms with van der Waals surface area (Å²) in [6.07, 6.45) is 4.75. The quantitative estimate of drug-likeness (QED) is 0.690. The molecular weight excluding hydrogens is 308 g/mol. The average molecular weight is 334 g/mol. The highest BCUT2D eigenvalue weighted by Crippen LogP contribution is 2.15.